The number of hydrogen-bond donors (Lipinski definition) is 0. The van der Waals surface area contributed by atoms with Gasteiger partial charge in [0, 0.05) is 4.75 Å². The third-order valence-electron chi connectivity index (χ3n) is 2.98. The first-order chi connectivity index (χ1) is 4.91. The molecule has 0 radical (unpaired) electrons. The monoisotopic (exact) mass is 156 g/mol. The summed E-state index contributed by atoms with van der Waals surface area (Å²) in [7, 11) is 0. The summed E-state index contributed by atoms with van der Waals surface area (Å²) in [6.07, 6.45) is 10.6. The third kappa shape index (κ3) is 1.20. The van der Waals surface area contributed by atoms with Gasteiger partial charge in [-0.05, 0) is 25.0 Å². The van der Waals surface area contributed by atoms with Crippen molar-refractivity contribution in [3.8, 4) is 0 Å². The first-order valence-electron chi connectivity index (χ1n) is 4.55. The lowest BCUT2D eigenvalue weighted by Gasteiger charge is -2.40. The summed E-state index contributed by atoms with van der Waals surface area (Å²) in [6, 6.07) is 0. The molecule has 1 saturated carbocycles. The number of hydrogen-bond acceptors (Lipinski definition) is 1. The number of thioether (sulfide) groups is 1. The second kappa shape index (κ2) is 2.77. The molecule has 1 heteroatoms. The van der Waals surface area contributed by atoms with Gasteiger partial charge in [0.15, 0.2) is 0 Å². The molecule has 0 nitrogen and oxygen atoms in total. The molecule has 1 aliphatic heterocycles. The van der Waals surface area contributed by atoms with Crippen molar-refractivity contribution in [3.05, 3.63) is 0 Å². The highest BCUT2D eigenvalue weighted by molar-refractivity contribution is 8.02. The predicted molar refractivity (Wildman–Crippen MR) is 47.5 cm³/mol. The molecular weight excluding hydrogens is 140 g/mol. The van der Waals surface area contributed by atoms with Gasteiger partial charge in [0.1, 0.15) is 0 Å². The van der Waals surface area contributed by atoms with Crippen molar-refractivity contribution in [1.29, 1.82) is 0 Å². The van der Waals surface area contributed by atoms with Crippen LogP contribution in [0.3, 0.4) is 0 Å². The summed E-state index contributed by atoms with van der Waals surface area (Å²) in [5.74, 6) is 1.44. The molecule has 0 unspecified atom stereocenters. The van der Waals surface area contributed by atoms with Crippen LogP contribution in [0.2, 0.25) is 0 Å². The first kappa shape index (κ1) is 7.02. The van der Waals surface area contributed by atoms with Crippen molar-refractivity contribution in [2.75, 3.05) is 5.75 Å². The lowest BCUT2D eigenvalue weighted by atomic mass is 9.95. The molecule has 2 aliphatic rings. The SMILES string of the molecule is C1CCCC2(CC1)CCS2. The van der Waals surface area contributed by atoms with Crippen LogP contribution in [0, 0.1) is 0 Å². The Bertz CT molecular complexity index is 106. The highest BCUT2D eigenvalue weighted by atomic mass is 32.2. The lowest BCUT2D eigenvalue weighted by molar-refractivity contribution is 0.472. The fraction of sp³-hybridized carbons (Fsp3) is 1.00. The molecule has 1 aliphatic carbocycles. The minimum Gasteiger partial charge on any atom is -0.155 e. The maximum Gasteiger partial charge on any atom is 0.0168 e. The molecule has 1 saturated heterocycles. The first-order valence-corrected chi connectivity index (χ1v) is 5.54. The van der Waals surface area contributed by atoms with E-state index in [4.69, 9.17) is 0 Å². The van der Waals surface area contributed by atoms with Gasteiger partial charge < -0.3 is 0 Å². The van der Waals surface area contributed by atoms with E-state index in [9.17, 15) is 0 Å². The molecule has 2 rings (SSSR count). The second-order valence-corrected chi connectivity index (χ2v) is 5.26. The molecule has 0 bridgehead atoms. The normalized spacial score (nSPS) is 31.2. The average molecular weight is 156 g/mol. The van der Waals surface area contributed by atoms with E-state index in [0.29, 0.717) is 0 Å². The fourth-order valence-electron chi connectivity index (χ4n) is 2.16. The van der Waals surface area contributed by atoms with Crippen LogP contribution in [0.1, 0.15) is 44.9 Å². The van der Waals surface area contributed by atoms with Crippen LogP contribution in [-0.4, -0.2) is 10.5 Å². The largest absolute Gasteiger partial charge is 0.155 e. The lowest BCUT2D eigenvalue weighted by Crippen LogP contribution is -2.33. The predicted octanol–water partition coefficient (Wildman–Crippen LogP) is 3.22. The standard InChI is InChI=1S/C9H16S/c1-2-4-6-9(5-3-1)7-8-10-9/h1-8H2. The quantitative estimate of drug-likeness (QED) is 0.519. The van der Waals surface area contributed by atoms with Crippen molar-refractivity contribution in [2.24, 2.45) is 0 Å². The van der Waals surface area contributed by atoms with Gasteiger partial charge in [0.05, 0.1) is 0 Å². The summed E-state index contributed by atoms with van der Waals surface area (Å²) in [5, 5.41) is 0. The van der Waals surface area contributed by atoms with Gasteiger partial charge in [-0.1, -0.05) is 25.7 Å². The Labute approximate surface area is 67.8 Å². The van der Waals surface area contributed by atoms with Crippen LogP contribution < -0.4 is 0 Å². The fourth-order valence-corrected chi connectivity index (χ4v) is 3.52. The summed E-state index contributed by atoms with van der Waals surface area (Å²) in [6.45, 7) is 0. The van der Waals surface area contributed by atoms with Crippen LogP contribution in [0.5, 0.6) is 0 Å². The Morgan fingerprint density at radius 3 is 1.80 bits per heavy atom. The third-order valence-corrected chi connectivity index (χ3v) is 4.61. The topological polar surface area (TPSA) is 0 Å². The van der Waals surface area contributed by atoms with Crippen LogP contribution in [0.25, 0.3) is 0 Å². The van der Waals surface area contributed by atoms with Crippen molar-refractivity contribution in [1.82, 2.24) is 0 Å². The van der Waals surface area contributed by atoms with Gasteiger partial charge in [-0.25, -0.2) is 0 Å². The van der Waals surface area contributed by atoms with Crippen molar-refractivity contribution < 1.29 is 0 Å². The Kier molecular flexibility index (Phi) is 1.94. The van der Waals surface area contributed by atoms with E-state index >= 15 is 0 Å². The van der Waals surface area contributed by atoms with E-state index in [0.717, 1.165) is 4.75 Å². The van der Waals surface area contributed by atoms with Gasteiger partial charge in [0.2, 0.25) is 0 Å². The van der Waals surface area contributed by atoms with Crippen molar-refractivity contribution >= 4 is 11.8 Å². The van der Waals surface area contributed by atoms with Crippen molar-refractivity contribution in [2.45, 2.75) is 49.7 Å². The molecular formula is C9H16S. The Morgan fingerprint density at radius 1 is 0.800 bits per heavy atom. The maximum absolute atomic E-state index is 2.24. The molecule has 0 aromatic rings. The smallest absolute Gasteiger partial charge is 0.0168 e. The van der Waals surface area contributed by atoms with Crippen LogP contribution in [0.4, 0.5) is 0 Å². The zero-order chi connectivity index (χ0) is 6.86. The van der Waals surface area contributed by atoms with E-state index in [1.54, 1.807) is 0 Å². The van der Waals surface area contributed by atoms with Gasteiger partial charge in [-0.15, -0.1) is 0 Å². The summed E-state index contributed by atoms with van der Waals surface area (Å²) < 4.78 is 0.802. The van der Waals surface area contributed by atoms with Crippen LogP contribution in [0.15, 0.2) is 0 Å². The molecule has 0 aromatic heterocycles. The van der Waals surface area contributed by atoms with E-state index in [-0.39, 0.29) is 0 Å². The zero-order valence-electron chi connectivity index (χ0n) is 6.57. The average Bonchev–Trinajstić information content (AvgIpc) is 2.08. The van der Waals surface area contributed by atoms with E-state index < -0.39 is 0 Å². The number of rotatable bonds is 0. The maximum atomic E-state index is 2.24. The van der Waals surface area contributed by atoms with Gasteiger partial charge in [0.25, 0.3) is 0 Å². The highest BCUT2D eigenvalue weighted by Crippen LogP contribution is 2.49. The molecule has 1 heterocycles. The second-order valence-electron chi connectivity index (χ2n) is 3.70. The molecule has 10 heavy (non-hydrogen) atoms. The highest BCUT2D eigenvalue weighted by Gasteiger charge is 2.37. The minimum absolute atomic E-state index is 0.802. The Hall–Kier alpha value is 0.350. The van der Waals surface area contributed by atoms with E-state index in [2.05, 4.69) is 11.8 Å². The zero-order valence-corrected chi connectivity index (χ0v) is 7.38. The van der Waals surface area contributed by atoms with Gasteiger partial charge in [-0.3, -0.25) is 0 Å². The molecule has 0 aromatic carbocycles. The molecule has 0 atom stereocenters. The molecule has 0 amide bonds. The summed E-state index contributed by atoms with van der Waals surface area (Å²) >= 11 is 2.24. The minimum atomic E-state index is 0.802. The molecule has 1 spiro atoms. The molecule has 58 valence electrons. The van der Waals surface area contributed by atoms with Crippen LogP contribution in [-0.2, 0) is 0 Å². The van der Waals surface area contributed by atoms with Gasteiger partial charge in [-0.2, -0.15) is 11.8 Å². The summed E-state index contributed by atoms with van der Waals surface area (Å²) in [5.41, 5.74) is 0. The van der Waals surface area contributed by atoms with E-state index in [1.165, 1.54) is 50.7 Å². The van der Waals surface area contributed by atoms with Crippen LogP contribution >= 0.6 is 11.8 Å². The Morgan fingerprint density at radius 2 is 1.40 bits per heavy atom. The van der Waals surface area contributed by atoms with Gasteiger partial charge >= 0.3 is 0 Å². The molecule has 0 N–H and O–H groups in total. The molecule has 2 fully saturated rings. The Balaban J connectivity index is 1.92. The summed E-state index contributed by atoms with van der Waals surface area (Å²) in [4.78, 5) is 0. The van der Waals surface area contributed by atoms with E-state index in [1.807, 2.05) is 0 Å². The van der Waals surface area contributed by atoms with Crippen molar-refractivity contribution in [3.63, 3.8) is 0 Å².